The van der Waals surface area contributed by atoms with Crippen LogP contribution in [0, 0.1) is 0 Å². The molecule has 1 aromatic heterocycles. The molecule has 0 saturated heterocycles. The van der Waals surface area contributed by atoms with Gasteiger partial charge in [-0.15, -0.1) is 0 Å². The number of hydroxylamine groups is 1. The van der Waals surface area contributed by atoms with Crippen molar-refractivity contribution in [2.45, 2.75) is 25.3 Å². The summed E-state index contributed by atoms with van der Waals surface area (Å²) >= 11 is 0. The van der Waals surface area contributed by atoms with Crippen molar-refractivity contribution in [2.24, 2.45) is 0 Å². The third-order valence-corrected chi connectivity index (χ3v) is 5.20. The molecule has 3 aromatic rings. The van der Waals surface area contributed by atoms with E-state index in [0.717, 1.165) is 31.4 Å². The minimum absolute atomic E-state index is 0.449. The van der Waals surface area contributed by atoms with E-state index < -0.39 is 5.91 Å². The number of hydrogen-bond acceptors (Lipinski definition) is 3. The number of amides is 1. The zero-order chi connectivity index (χ0) is 18.6. The van der Waals surface area contributed by atoms with Crippen molar-refractivity contribution in [3.63, 3.8) is 0 Å². The molecule has 1 amide bonds. The number of rotatable bonds is 6. The minimum atomic E-state index is -0.521. The monoisotopic (exact) mass is 361 g/mol. The highest BCUT2D eigenvalue weighted by atomic mass is 16.5. The molecule has 1 unspecified atom stereocenters. The van der Waals surface area contributed by atoms with Crippen molar-refractivity contribution in [2.75, 3.05) is 6.54 Å². The van der Waals surface area contributed by atoms with Gasteiger partial charge in [-0.1, -0.05) is 36.4 Å². The summed E-state index contributed by atoms with van der Waals surface area (Å²) in [6, 6.07) is 15.1. The number of carbonyl (C=O) groups excluding carboxylic acids is 1. The molecule has 1 aliphatic rings. The lowest BCUT2D eigenvalue weighted by Crippen LogP contribution is -2.31. The first-order valence-corrected chi connectivity index (χ1v) is 9.25. The van der Waals surface area contributed by atoms with Gasteiger partial charge >= 0.3 is 0 Å². The van der Waals surface area contributed by atoms with Gasteiger partial charge in [0.2, 0.25) is 0 Å². The van der Waals surface area contributed by atoms with Gasteiger partial charge < -0.3 is 10.3 Å². The maximum atomic E-state index is 11.1. The van der Waals surface area contributed by atoms with E-state index in [-0.39, 0.29) is 0 Å². The smallest absolute Gasteiger partial charge is 0.267 e. The highest BCUT2D eigenvalue weighted by molar-refractivity contribution is 5.90. The average Bonchev–Trinajstić information content (AvgIpc) is 3.29. The summed E-state index contributed by atoms with van der Waals surface area (Å²) in [6.45, 7) is 0.948. The average molecular weight is 361 g/mol. The molecule has 0 radical (unpaired) electrons. The Morgan fingerprint density at radius 2 is 2.04 bits per heavy atom. The molecular weight excluding hydrogens is 338 g/mol. The molecule has 0 fully saturated rings. The fraction of sp³-hybridized carbons (Fsp3) is 0.227. The first kappa shape index (κ1) is 17.5. The molecule has 4 N–H and O–H groups in total. The molecule has 1 atom stereocenters. The number of aromatic amines is 1. The zero-order valence-corrected chi connectivity index (χ0v) is 15.0. The maximum absolute atomic E-state index is 11.1. The molecule has 5 nitrogen and oxygen atoms in total. The lowest BCUT2D eigenvalue weighted by Gasteiger charge is -2.11. The van der Waals surface area contributed by atoms with Crippen molar-refractivity contribution >= 4 is 22.9 Å². The fourth-order valence-electron chi connectivity index (χ4n) is 3.84. The summed E-state index contributed by atoms with van der Waals surface area (Å²) < 4.78 is 0. The second-order valence-electron chi connectivity index (χ2n) is 7.01. The number of para-hydroxylation sites is 1. The predicted molar refractivity (Wildman–Crippen MR) is 107 cm³/mol. The van der Waals surface area contributed by atoms with Gasteiger partial charge in [0, 0.05) is 29.2 Å². The Hall–Kier alpha value is -2.89. The van der Waals surface area contributed by atoms with Crippen LogP contribution >= 0.6 is 0 Å². The first-order chi connectivity index (χ1) is 13.2. The van der Waals surface area contributed by atoms with Crippen LogP contribution in [-0.4, -0.2) is 28.7 Å². The maximum Gasteiger partial charge on any atom is 0.267 e. The van der Waals surface area contributed by atoms with Gasteiger partial charge in [-0.05, 0) is 60.2 Å². The molecular formula is C22H23N3O2. The second kappa shape index (κ2) is 7.78. The molecule has 4 rings (SSSR count). The van der Waals surface area contributed by atoms with E-state index >= 15 is 0 Å². The number of carbonyl (C=O) groups is 1. The Kier molecular flexibility index (Phi) is 5.05. The van der Waals surface area contributed by atoms with E-state index in [1.807, 2.05) is 6.07 Å². The Labute approximate surface area is 158 Å². The van der Waals surface area contributed by atoms with E-state index in [9.17, 15) is 4.79 Å². The lowest BCUT2D eigenvalue weighted by atomic mass is 10.1. The molecule has 138 valence electrons. The molecule has 27 heavy (non-hydrogen) atoms. The normalized spacial score (nSPS) is 16.1. The van der Waals surface area contributed by atoms with Crippen molar-refractivity contribution in [1.29, 1.82) is 0 Å². The van der Waals surface area contributed by atoms with Crippen molar-refractivity contribution in [3.05, 3.63) is 77.0 Å². The molecule has 1 aliphatic carbocycles. The standard InChI is InChI=1S/C22H23N3O2/c26-22(25-27)8-6-15-5-7-16-12-19(13-18(16)11-15)23-10-9-17-14-24-21-4-2-1-3-20(17)21/h1-8,11,14,19,23-24,27H,9-10,12-13H2,(H,25,26). The van der Waals surface area contributed by atoms with E-state index in [1.54, 1.807) is 11.6 Å². The Balaban J connectivity index is 1.33. The molecule has 0 spiro atoms. The summed E-state index contributed by atoms with van der Waals surface area (Å²) in [7, 11) is 0. The van der Waals surface area contributed by atoms with Gasteiger partial charge in [0.1, 0.15) is 0 Å². The van der Waals surface area contributed by atoms with E-state index in [1.165, 1.54) is 33.7 Å². The van der Waals surface area contributed by atoms with Crippen LogP contribution in [0.15, 0.2) is 54.7 Å². The number of nitrogens with one attached hydrogen (secondary N) is 3. The first-order valence-electron chi connectivity index (χ1n) is 9.25. The van der Waals surface area contributed by atoms with Crippen LogP contribution in [0.25, 0.3) is 17.0 Å². The van der Waals surface area contributed by atoms with Crippen LogP contribution < -0.4 is 10.8 Å². The molecule has 5 heteroatoms. The number of benzene rings is 2. The topological polar surface area (TPSA) is 77.2 Å². The van der Waals surface area contributed by atoms with Crippen LogP contribution in [0.1, 0.15) is 22.3 Å². The van der Waals surface area contributed by atoms with Crippen LogP contribution in [0.3, 0.4) is 0 Å². The number of aromatic nitrogens is 1. The van der Waals surface area contributed by atoms with Gasteiger partial charge in [0.05, 0.1) is 0 Å². The summed E-state index contributed by atoms with van der Waals surface area (Å²) in [4.78, 5) is 14.4. The Morgan fingerprint density at radius 3 is 2.93 bits per heavy atom. The van der Waals surface area contributed by atoms with Gasteiger partial charge in [-0.25, -0.2) is 5.48 Å². The second-order valence-corrected chi connectivity index (χ2v) is 7.01. The third kappa shape index (κ3) is 3.94. The quantitative estimate of drug-likeness (QED) is 0.310. The van der Waals surface area contributed by atoms with Crippen molar-refractivity contribution in [3.8, 4) is 0 Å². The predicted octanol–water partition coefficient (Wildman–Crippen LogP) is 2.99. The zero-order valence-electron chi connectivity index (χ0n) is 15.0. The van der Waals surface area contributed by atoms with E-state index in [2.05, 4.69) is 52.9 Å². The SMILES string of the molecule is O=C(C=Cc1ccc2c(c1)CC(NCCc1c[nH]c3ccccc13)C2)NO. The summed E-state index contributed by atoms with van der Waals surface area (Å²) in [5, 5.41) is 13.5. The van der Waals surface area contributed by atoms with Crippen LogP contribution in [0.4, 0.5) is 0 Å². The Morgan fingerprint density at radius 1 is 1.19 bits per heavy atom. The highest BCUT2D eigenvalue weighted by Crippen LogP contribution is 2.24. The summed E-state index contributed by atoms with van der Waals surface area (Å²) in [5.74, 6) is -0.521. The fourth-order valence-corrected chi connectivity index (χ4v) is 3.84. The summed E-state index contributed by atoms with van der Waals surface area (Å²) in [5.41, 5.74) is 7.80. The van der Waals surface area contributed by atoms with Gasteiger partial charge in [0.25, 0.3) is 5.91 Å². The summed E-state index contributed by atoms with van der Waals surface area (Å²) in [6.07, 6.45) is 8.18. The van der Waals surface area contributed by atoms with Crippen molar-refractivity contribution in [1.82, 2.24) is 15.8 Å². The molecule has 2 aromatic carbocycles. The Bertz CT molecular complexity index is 990. The van der Waals surface area contributed by atoms with Crippen molar-refractivity contribution < 1.29 is 10.0 Å². The van der Waals surface area contributed by atoms with Crippen LogP contribution in [0.2, 0.25) is 0 Å². The minimum Gasteiger partial charge on any atom is -0.361 e. The number of H-pyrrole nitrogens is 1. The number of fused-ring (bicyclic) bond motifs is 2. The van der Waals surface area contributed by atoms with Crippen LogP contribution in [0.5, 0.6) is 0 Å². The lowest BCUT2D eigenvalue weighted by molar-refractivity contribution is -0.124. The third-order valence-electron chi connectivity index (χ3n) is 5.20. The number of hydrogen-bond donors (Lipinski definition) is 4. The molecule has 0 bridgehead atoms. The molecule has 1 heterocycles. The van der Waals surface area contributed by atoms with E-state index in [4.69, 9.17) is 5.21 Å². The van der Waals surface area contributed by atoms with Gasteiger partial charge in [-0.2, -0.15) is 0 Å². The van der Waals surface area contributed by atoms with Gasteiger partial charge in [-0.3, -0.25) is 10.0 Å². The molecule has 0 saturated carbocycles. The highest BCUT2D eigenvalue weighted by Gasteiger charge is 2.20. The molecule has 0 aliphatic heterocycles. The van der Waals surface area contributed by atoms with E-state index in [0.29, 0.717) is 6.04 Å². The van der Waals surface area contributed by atoms with Crippen LogP contribution in [-0.2, 0) is 24.1 Å². The van der Waals surface area contributed by atoms with Gasteiger partial charge in [0.15, 0.2) is 0 Å². The largest absolute Gasteiger partial charge is 0.361 e.